The second-order valence-electron chi connectivity index (χ2n) is 11.2. The highest BCUT2D eigenvalue weighted by atomic mass is 16.6. The number of hydrogen-bond donors (Lipinski definition) is 8. The van der Waals surface area contributed by atoms with E-state index >= 15 is 0 Å². The smallest absolute Gasteiger partial charge is 0.345 e. The average molecular weight is 657 g/mol. The van der Waals surface area contributed by atoms with Crippen LogP contribution in [0.2, 0.25) is 0 Å². The fourth-order valence-corrected chi connectivity index (χ4v) is 5.10. The highest BCUT2D eigenvalue weighted by molar-refractivity contribution is 5.95. The van der Waals surface area contributed by atoms with Crippen LogP contribution in [-0.2, 0) is 20.7 Å². The van der Waals surface area contributed by atoms with Crippen molar-refractivity contribution in [1.82, 2.24) is 0 Å². The van der Waals surface area contributed by atoms with E-state index in [1.807, 2.05) is 6.92 Å². The third kappa shape index (κ3) is 8.79. The van der Waals surface area contributed by atoms with Gasteiger partial charge in [0.05, 0.1) is 0 Å². The van der Waals surface area contributed by atoms with Crippen LogP contribution in [-0.4, -0.2) is 58.9 Å². The van der Waals surface area contributed by atoms with Gasteiger partial charge in [0.2, 0.25) is 6.10 Å². The molecule has 0 aromatic heterocycles. The zero-order valence-electron chi connectivity index (χ0n) is 26.0. The van der Waals surface area contributed by atoms with Crippen molar-refractivity contribution in [2.24, 2.45) is 0 Å². The molecule has 0 spiro atoms. The minimum Gasteiger partial charge on any atom is -0.508 e. The summed E-state index contributed by atoms with van der Waals surface area (Å²) in [5.41, 5.74) is 2.81. The Labute approximate surface area is 276 Å². The van der Waals surface area contributed by atoms with Gasteiger partial charge in [-0.25, -0.2) is 9.59 Å². The highest BCUT2D eigenvalue weighted by Gasteiger charge is 2.23. The number of ether oxygens (including phenoxy) is 1. The third-order valence-corrected chi connectivity index (χ3v) is 7.58. The minimum atomic E-state index is -1.62. The van der Waals surface area contributed by atoms with Gasteiger partial charge in [0.1, 0.15) is 5.75 Å². The molecule has 0 aliphatic carbocycles. The van der Waals surface area contributed by atoms with Crippen LogP contribution < -0.4 is 0 Å². The number of carbonyl (C=O) groups is 2. The fourth-order valence-electron chi connectivity index (χ4n) is 5.10. The number of benzene rings is 4. The molecule has 0 radical (unpaired) electrons. The molecular formula is C37H36O11. The Balaban J connectivity index is 1.74. The Hall–Kier alpha value is -6.10. The molecule has 0 amide bonds. The molecule has 0 aliphatic heterocycles. The molecule has 0 unspecified atom stereocenters. The van der Waals surface area contributed by atoms with Crippen molar-refractivity contribution in [2.45, 2.75) is 45.1 Å². The standard InChI is InChI=1S/C37H36O11/c1-2-3-4-6-23(18-36(45)48-35(37(46)47)14-21-9-12-29(39)30(40)13-21)28-20-34(44)32(42)17-25(28)11-10-24-16-31(41)33(43)19-27(24)22-7-5-8-26(38)15-22/h5,7-13,15-20,35,38-44H,2-4,6,14H2,1H3,(H,46,47)/b11-10+,23-18+/t35-/m1/s1. The van der Waals surface area contributed by atoms with Gasteiger partial charge in [0, 0.05) is 12.5 Å². The maximum Gasteiger partial charge on any atom is 0.345 e. The SMILES string of the molecule is CCCCC/C(=C\C(=O)O[C@H](Cc1ccc(O)c(O)c1)C(=O)O)c1cc(O)c(O)cc1/C=C/c1cc(O)c(O)cc1-c1cccc(O)c1. The number of allylic oxidation sites excluding steroid dienone is 1. The number of hydrogen-bond acceptors (Lipinski definition) is 10. The lowest BCUT2D eigenvalue weighted by molar-refractivity contribution is -0.160. The van der Waals surface area contributed by atoms with Gasteiger partial charge in [0.15, 0.2) is 34.5 Å². The zero-order chi connectivity index (χ0) is 35.0. The van der Waals surface area contributed by atoms with Gasteiger partial charge in [-0.3, -0.25) is 0 Å². The number of carboxylic acids is 1. The number of unbranched alkanes of at least 4 members (excludes halogenated alkanes) is 2. The molecule has 1 atom stereocenters. The van der Waals surface area contributed by atoms with Gasteiger partial charge in [-0.05, 0) is 100 Å². The van der Waals surface area contributed by atoms with E-state index in [2.05, 4.69) is 0 Å². The lowest BCUT2D eigenvalue weighted by atomic mass is 9.92. The van der Waals surface area contributed by atoms with E-state index < -0.39 is 41.0 Å². The maximum atomic E-state index is 13.2. The van der Waals surface area contributed by atoms with Crippen molar-refractivity contribution in [3.05, 3.63) is 95.1 Å². The number of phenolic OH excluding ortho intramolecular Hbond substituents is 7. The van der Waals surface area contributed by atoms with Crippen LogP contribution in [0, 0.1) is 0 Å². The summed E-state index contributed by atoms with van der Waals surface area (Å²) in [6, 6.07) is 15.3. The first-order valence-corrected chi connectivity index (χ1v) is 15.1. The van der Waals surface area contributed by atoms with Crippen LogP contribution in [0.1, 0.15) is 54.9 Å². The second kappa shape index (κ2) is 15.5. The molecule has 4 rings (SSSR count). The van der Waals surface area contributed by atoms with E-state index in [0.29, 0.717) is 51.8 Å². The van der Waals surface area contributed by atoms with Crippen molar-refractivity contribution >= 4 is 29.7 Å². The molecule has 250 valence electrons. The summed E-state index contributed by atoms with van der Waals surface area (Å²) in [5.74, 6) is -4.95. The second-order valence-corrected chi connectivity index (χ2v) is 11.2. The van der Waals surface area contributed by atoms with Crippen molar-refractivity contribution in [3.8, 4) is 51.4 Å². The summed E-state index contributed by atoms with van der Waals surface area (Å²) >= 11 is 0. The number of carboxylic acid groups (broad SMARTS) is 1. The molecule has 48 heavy (non-hydrogen) atoms. The van der Waals surface area contributed by atoms with Crippen LogP contribution in [0.5, 0.6) is 40.2 Å². The summed E-state index contributed by atoms with van der Waals surface area (Å²) in [7, 11) is 0. The Morgan fingerprint density at radius 1 is 0.729 bits per heavy atom. The molecule has 4 aromatic carbocycles. The quantitative estimate of drug-likeness (QED) is 0.0251. The molecular weight excluding hydrogens is 620 g/mol. The van der Waals surface area contributed by atoms with Gasteiger partial charge < -0.3 is 45.6 Å². The predicted molar refractivity (Wildman–Crippen MR) is 179 cm³/mol. The summed E-state index contributed by atoms with van der Waals surface area (Å²) in [5, 5.41) is 80.4. The number of carbonyl (C=O) groups excluding carboxylic acids is 1. The van der Waals surface area contributed by atoms with Gasteiger partial charge >= 0.3 is 11.9 Å². The first-order chi connectivity index (χ1) is 22.9. The third-order valence-electron chi connectivity index (χ3n) is 7.58. The Kier molecular flexibility index (Phi) is 11.2. The van der Waals surface area contributed by atoms with E-state index in [1.165, 1.54) is 54.6 Å². The molecule has 0 saturated carbocycles. The molecule has 0 fully saturated rings. The molecule has 0 bridgehead atoms. The zero-order valence-corrected chi connectivity index (χ0v) is 26.0. The first kappa shape index (κ1) is 34.8. The summed E-state index contributed by atoms with van der Waals surface area (Å²) in [4.78, 5) is 25.2. The Morgan fingerprint density at radius 3 is 2.04 bits per heavy atom. The van der Waals surface area contributed by atoms with E-state index in [-0.39, 0.29) is 23.7 Å². The summed E-state index contributed by atoms with van der Waals surface area (Å²) in [6.07, 6.45) is 4.98. The fraction of sp³-hybridized carbons (Fsp3) is 0.189. The molecule has 11 nitrogen and oxygen atoms in total. The average Bonchev–Trinajstić information content (AvgIpc) is 3.03. The molecule has 11 heteroatoms. The minimum absolute atomic E-state index is 0.0131. The summed E-state index contributed by atoms with van der Waals surface area (Å²) < 4.78 is 5.31. The molecule has 8 N–H and O–H groups in total. The van der Waals surface area contributed by atoms with Crippen LogP contribution in [0.15, 0.2) is 72.8 Å². The summed E-state index contributed by atoms with van der Waals surface area (Å²) in [6.45, 7) is 1.99. The normalized spacial score (nSPS) is 12.2. The lowest BCUT2D eigenvalue weighted by Crippen LogP contribution is -2.28. The van der Waals surface area contributed by atoms with Crippen molar-refractivity contribution < 1.29 is 55.2 Å². The van der Waals surface area contributed by atoms with Gasteiger partial charge in [-0.1, -0.05) is 50.1 Å². The van der Waals surface area contributed by atoms with Gasteiger partial charge in [-0.2, -0.15) is 0 Å². The maximum absolute atomic E-state index is 13.2. The van der Waals surface area contributed by atoms with E-state index in [1.54, 1.807) is 24.3 Å². The number of aliphatic carboxylic acids is 1. The van der Waals surface area contributed by atoms with Crippen LogP contribution >= 0.6 is 0 Å². The largest absolute Gasteiger partial charge is 0.508 e. The number of phenols is 7. The molecule has 0 aliphatic rings. The first-order valence-electron chi connectivity index (χ1n) is 15.1. The molecule has 4 aromatic rings. The molecule has 0 heterocycles. The lowest BCUT2D eigenvalue weighted by Gasteiger charge is -2.16. The van der Waals surface area contributed by atoms with Gasteiger partial charge in [0.25, 0.3) is 0 Å². The Bertz CT molecular complexity index is 1870. The van der Waals surface area contributed by atoms with Crippen molar-refractivity contribution in [1.29, 1.82) is 0 Å². The van der Waals surface area contributed by atoms with Crippen LogP contribution in [0.4, 0.5) is 0 Å². The number of rotatable bonds is 13. The van der Waals surface area contributed by atoms with E-state index in [0.717, 1.165) is 18.9 Å². The van der Waals surface area contributed by atoms with Crippen LogP contribution in [0.25, 0.3) is 28.9 Å². The predicted octanol–water partition coefficient (Wildman–Crippen LogP) is 6.67. The van der Waals surface area contributed by atoms with E-state index in [9.17, 15) is 50.4 Å². The highest BCUT2D eigenvalue weighted by Crippen LogP contribution is 2.38. The monoisotopic (exact) mass is 656 g/mol. The number of esters is 1. The number of aromatic hydroxyl groups is 7. The van der Waals surface area contributed by atoms with Crippen molar-refractivity contribution in [2.75, 3.05) is 0 Å². The van der Waals surface area contributed by atoms with Crippen molar-refractivity contribution in [3.63, 3.8) is 0 Å². The van der Waals surface area contributed by atoms with E-state index in [4.69, 9.17) is 4.74 Å². The van der Waals surface area contributed by atoms with Crippen LogP contribution in [0.3, 0.4) is 0 Å². The molecule has 0 saturated heterocycles. The van der Waals surface area contributed by atoms with Gasteiger partial charge in [-0.15, -0.1) is 0 Å². The Morgan fingerprint density at radius 2 is 1.38 bits per heavy atom. The topological polar surface area (TPSA) is 205 Å².